The zero-order chi connectivity index (χ0) is 20.4. The minimum atomic E-state index is 0.250. The largest absolute Gasteiger partial charge is 0.490 e. The Morgan fingerprint density at radius 3 is 2.67 bits per heavy atom. The molecule has 4 rings (SSSR count). The summed E-state index contributed by atoms with van der Waals surface area (Å²) in [6.07, 6.45) is 8.58. The summed E-state index contributed by atoms with van der Waals surface area (Å²) in [6.45, 7) is 4.27. The molecule has 0 spiro atoms. The van der Waals surface area contributed by atoms with Crippen LogP contribution in [0, 0.1) is 0 Å². The second-order valence-corrected chi connectivity index (χ2v) is 8.03. The maximum atomic E-state index is 6.15. The summed E-state index contributed by atoms with van der Waals surface area (Å²) in [7, 11) is 0. The van der Waals surface area contributed by atoms with Gasteiger partial charge in [-0.3, -0.25) is 4.99 Å². The molecule has 6 heteroatoms. The monoisotopic (exact) mass is 411 g/mol. The van der Waals surface area contributed by atoms with Gasteiger partial charge in [-0.05, 0) is 43.5 Å². The Labute approximate surface area is 179 Å². The van der Waals surface area contributed by atoms with Crippen molar-refractivity contribution in [1.82, 2.24) is 10.2 Å². The SMILES string of the molecule is c1ccc(OC2CCN(C(=NCC3CCCCO3)NCCc3ccco3)CC2)cc1. The van der Waals surface area contributed by atoms with Gasteiger partial charge in [0.25, 0.3) is 0 Å². The molecule has 30 heavy (non-hydrogen) atoms. The number of furan rings is 1. The lowest BCUT2D eigenvalue weighted by atomic mass is 10.1. The number of hydrogen-bond donors (Lipinski definition) is 1. The topological polar surface area (TPSA) is 59.2 Å². The number of piperidine rings is 1. The molecule has 0 radical (unpaired) electrons. The predicted octanol–water partition coefficient (Wildman–Crippen LogP) is 3.88. The van der Waals surface area contributed by atoms with Crippen molar-refractivity contribution in [1.29, 1.82) is 0 Å². The standard InChI is InChI=1S/C24H33N3O3/c1-2-7-21(8-3-1)30-22-12-15-27(16-13-22)24(25-14-11-20-10-6-18-28-20)26-19-23-9-4-5-17-29-23/h1-3,6-8,10,18,22-23H,4-5,9,11-17,19H2,(H,25,26). The third-order valence-corrected chi connectivity index (χ3v) is 5.74. The van der Waals surface area contributed by atoms with Crippen molar-refractivity contribution in [2.75, 3.05) is 32.8 Å². The zero-order valence-electron chi connectivity index (χ0n) is 17.7. The van der Waals surface area contributed by atoms with Gasteiger partial charge in [-0.25, -0.2) is 0 Å². The first-order valence-electron chi connectivity index (χ1n) is 11.3. The minimum absolute atomic E-state index is 0.250. The van der Waals surface area contributed by atoms with E-state index in [0.29, 0.717) is 0 Å². The molecule has 1 unspecified atom stereocenters. The highest BCUT2D eigenvalue weighted by Crippen LogP contribution is 2.19. The van der Waals surface area contributed by atoms with Crippen molar-refractivity contribution >= 4 is 5.96 Å². The van der Waals surface area contributed by atoms with E-state index in [1.165, 1.54) is 12.8 Å². The van der Waals surface area contributed by atoms with Gasteiger partial charge in [-0.1, -0.05) is 18.2 Å². The number of nitrogens with zero attached hydrogens (tertiary/aromatic N) is 2. The molecule has 2 aliphatic rings. The minimum Gasteiger partial charge on any atom is -0.490 e. The van der Waals surface area contributed by atoms with Crippen LogP contribution in [0.25, 0.3) is 0 Å². The van der Waals surface area contributed by atoms with Crippen LogP contribution in [-0.4, -0.2) is 55.9 Å². The number of guanidine groups is 1. The molecule has 0 saturated carbocycles. The third-order valence-electron chi connectivity index (χ3n) is 5.74. The summed E-state index contributed by atoms with van der Waals surface area (Å²) in [6, 6.07) is 14.1. The van der Waals surface area contributed by atoms with Crippen LogP contribution in [-0.2, 0) is 11.2 Å². The van der Waals surface area contributed by atoms with Gasteiger partial charge in [0.2, 0.25) is 0 Å². The molecule has 2 saturated heterocycles. The summed E-state index contributed by atoms with van der Waals surface area (Å²) in [5.41, 5.74) is 0. The van der Waals surface area contributed by atoms with Crippen molar-refractivity contribution in [2.24, 2.45) is 4.99 Å². The molecule has 1 atom stereocenters. The Balaban J connectivity index is 1.31. The van der Waals surface area contributed by atoms with Gasteiger partial charge in [0.05, 0.1) is 18.9 Å². The van der Waals surface area contributed by atoms with E-state index in [2.05, 4.69) is 10.2 Å². The van der Waals surface area contributed by atoms with E-state index in [4.69, 9.17) is 18.9 Å². The number of benzene rings is 1. The molecular formula is C24H33N3O3. The van der Waals surface area contributed by atoms with Gasteiger partial charge < -0.3 is 24.1 Å². The summed E-state index contributed by atoms with van der Waals surface area (Å²) in [4.78, 5) is 7.29. The molecule has 0 bridgehead atoms. The van der Waals surface area contributed by atoms with Gasteiger partial charge in [0.1, 0.15) is 17.6 Å². The Morgan fingerprint density at radius 2 is 1.93 bits per heavy atom. The number of rotatable bonds is 7. The Bertz CT molecular complexity index is 749. The average Bonchev–Trinajstić information content (AvgIpc) is 3.32. The second-order valence-electron chi connectivity index (χ2n) is 8.03. The van der Waals surface area contributed by atoms with Crippen molar-refractivity contribution < 1.29 is 13.9 Å². The van der Waals surface area contributed by atoms with Crippen LogP contribution in [0.15, 0.2) is 58.1 Å². The van der Waals surface area contributed by atoms with E-state index >= 15 is 0 Å². The number of nitrogens with one attached hydrogen (secondary N) is 1. The van der Waals surface area contributed by atoms with Crippen LogP contribution >= 0.6 is 0 Å². The number of aliphatic imine (C=N–C) groups is 1. The van der Waals surface area contributed by atoms with Crippen LogP contribution in [0.2, 0.25) is 0 Å². The summed E-state index contributed by atoms with van der Waals surface area (Å²) in [5, 5.41) is 3.55. The molecule has 3 heterocycles. The Kier molecular flexibility index (Phi) is 7.67. The average molecular weight is 412 g/mol. The normalized spacial score (nSPS) is 20.9. The first-order chi connectivity index (χ1) is 14.9. The quantitative estimate of drug-likeness (QED) is 0.553. The zero-order valence-corrected chi connectivity index (χ0v) is 17.7. The predicted molar refractivity (Wildman–Crippen MR) is 118 cm³/mol. The highest BCUT2D eigenvalue weighted by Gasteiger charge is 2.23. The molecule has 2 fully saturated rings. The maximum Gasteiger partial charge on any atom is 0.194 e. The lowest BCUT2D eigenvalue weighted by Crippen LogP contribution is -2.48. The van der Waals surface area contributed by atoms with E-state index in [1.54, 1.807) is 6.26 Å². The van der Waals surface area contributed by atoms with E-state index in [0.717, 1.165) is 75.9 Å². The van der Waals surface area contributed by atoms with Gasteiger partial charge in [0, 0.05) is 45.5 Å². The van der Waals surface area contributed by atoms with Crippen LogP contribution < -0.4 is 10.1 Å². The molecule has 1 aromatic carbocycles. The lowest BCUT2D eigenvalue weighted by molar-refractivity contribution is 0.0222. The number of hydrogen-bond acceptors (Lipinski definition) is 4. The van der Waals surface area contributed by atoms with E-state index in [1.807, 2.05) is 42.5 Å². The number of ether oxygens (including phenoxy) is 2. The van der Waals surface area contributed by atoms with Crippen molar-refractivity contribution in [2.45, 2.75) is 50.7 Å². The van der Waals surface area contributed by atoms with E-state index < -0.39 is 0 Å². The molecule has 0 amide bonds. The highest BCUT2D eigenvalue weighted by molar-refractivity contribution is 5.80. The van der Waals surface area contributed by atoms with Gasteiger partial charge in [-0.2, -0.15) is 0 Å². The Morgan fingerprint density at radius 1 is 1.07 bits per heavy atom. The first-order valence-corrected chi connectivity index (χ1v) is 11.3. The van der Waals surface area contributed by atoms with Crippen LogP contribution in [0.4, 0.5) is 0 Å². The van der Waals surface area contributed by atoms with Crippen molar-refractivity contribution in [3.8, 4) is 5.75 Å². The summed E-state index contributed by atoms with van der Waals surface area (Å²) in [5.74, 6) is 2.93. The Hall–Kier alpha value is -2.47. The van der Waals surface area contributed by atoms with Gasteiger partial charge >= 0.3 is 0 Å². The van der Waals surface area contributed by atoms with Gasteiger partial charge in [0.15, 0.2) is 5.96 Å². The van der Waals surface area contributed by atoms with E-state index in [9.17, 15) is 0 Å². The van der Waals surface area contributed by atoms with Crippen LogP contribution in [0.1, 0.15) is 37.9 Å². The molecular weight excluding hydrogens is 378 g/mol. The fraction of sp³-hybridized carbons (Fsp3) is 0.542. The lowest BCUT2D eigenvalue weighted by Gasteiger charge is -2.34. The third kappa shape index (κ3) is 6.26. The number of likely N-dealkylation sites (tertiary alicyclic amines) is 1. The van der Waals surface area contributed by atoms with Crippen LogP contribution in [0.5, 0.6) is 5.75 Å². The fourth-order valence-corrected chi connectivity index (χ4v) is 4.04. The first kappa shape index (κ1) is 20.8. The maximum absolute atomic E-state index is 6.15. The number of para-hydroxylation sites is 1. The molecule has 2 aliphatic heterocycles. The molecule has 1 aromatic heterocycles. The van der Waals surface area contributed by atoms with E-state index in [-0.39, 0.29) is 12.2 Å². The molecule has 6 nitrogen and oxygen atoms in total. The highest BCUT2D eigenvalue weighted by atomic mass is 16.5. The molecule has 2 aromatic rings. The molecule has 1 N–H and O–H groups in total. The second kappa shape index (κ2) is 11.1. The van der Waals surface area contributed by atoms with Gasteiger partial charge in [-0.15, -0.1) is 0 Å². The molecule has 162 valence electrons. The molecule has 0 aliphatic carbocycles. The smallest absolute Gasteiger partial charge is 0.194 e. The summed E-state index contributed by atoms with van der Waals surface area (Å²) < 4.78 is 17.5. The van der Waals surface area contributed by atoms with Crippen molar-refractivity contribution in [3.05, 3.63) is 54.5 Å². The van der Waals surface area contributed by atoms with Crippen molar-refractivity contribution in [3.63, 3.8) is 0 Å². The van der Waals surface area contributed by atoms with Crippen LogP contribution in [0.3, 0.4) is 0 Å². The fourth-order valence-electron chi connectivity index (χ4n) is 4.04. The summed E-state index contributed by atoms with van der Waals surface area (Å²) >= 11 is 0.